The van der Waals surface area contributed by atoms with Gasteiger partial charge in [-0.1, -0.05) is 6.92 Å². The van der Waals surface area contributed by atoms with Gasteiger partial charge in [-0.25, -0.2) is 9.44 Å². The van der Waals surface area contributed by atoms with Gasteiger partial charge in [0.2, 0.25) is 0 Å². The summed E-state index contributed by atoms with van der Waals surface area (Å²) in [5.41, 5.74) is 5.44. The topological polar surface area (TPSA) is 84.2 Å². The van der Waals surface area contributed by atoms with Crippen LogP contribution in [0.5, 0.6) is 0 Å². The molecule has 0 fully saturated rings. The van der Waals surface area contributed by atoms with Gasteiger partial charge in [-0.2, -0.15) is 8.42 Å². The monoisotopic (exact) mass is 195 g/mol. The van der Waals surface area contributed by atoms with Crippen LogP contribution in [0.3, 0.4) is 0 Å². The second-order valence-electron chi connectivity index (χ2n) is 2.66. The first-order valence-electron chi connectivity index (χ1n) is 3.97. The highest BCUT2D eigenvalue weighted by molar-refractivity contribution is 7.87. The highest BCUT2D eigenvalue weighted by Crippen LogP contribution is 1.84. The van der Waals surface area contributed by atoms with Gasteiger partial charge in [0.1, 0.15) is 0 Å². The third-order valence-corrected chi connectivity index (χ3v) is 2.48. The van der Waals surface area contributed by atoms with Crippen LogP contribution < -0.4 is 15.2 Å². The fraction of sp³-hybridized carbons (Fsp3) is 1.00. The van der Waals surface area contributed by atoms with Crippen molar-refractivity contribution in [2.24, 2.45) is 5.73 Å². The molecule has 0 aromatic heterocycles. The van der Waals surface area contributed by atoms with Gasteiger partial charge in [0.05, 0.1) is 0 Å². The summed E-state index contributed by atoms with van der Waals surface area (Å²) in [6.07, 6.45) is 0.643. The summed E-state index contributed by atoms with van der Waals surface area (Å²) in [5, 5.41) is 0. The summed E-state index contributed by atoms with van der Waals surface area (Å²) >= 11 is 0. The average Bonchev–Trinajstić information content (AvgIpc) is 1.85. The van der Waals surface area contributed by atoms with Crippen LogP contribution in [0.25, 0.3) is 0 Å². The molecule has 5 nitrogen and oxygen atoms in total. The number of nitrogens with one attached hydrogen (secondary N) is 2. The molecule has 0 rings (SSSR count). The van der Waals surface area contributed by atoms with Gasteiger partial charge >= 0.3 is 0 Å². The lowest BCUT2D eigenvalue weighted by atomic mass is 10.3. The Hall–Kier alpha value is -0.170. The van der Waals surface area contributed by atoms with Gasteiger partial charge in [0.25, 0.3) is 10.2 Å². The van der Waals surface area contributed by atoms with E-state index in [2.05, 4.69) is 9.44 Å². The van der Waals surface area contributed by atoms with E-state index in [1.807, 2.05) is 6.92 Å². The third kappa shape index (κ3) is 6.53. The van der Waals surface area contributed by atoms with Crippen molar-refractivity contribution in [3.05, 3.63) is 0 Å². The molecule has 1 unspecified atom stereocenters. The third-order valence-electron chi connectivity index (χ3n) is 1.23. The van der Waals surface area contributed by atoms with Gasteiger partial charge < -0.3 is 5.73 Å². The molecule has 12 heavy (non-hydrogen) atoms. The molecule has 0 saturated heterocycles. The molecule has 0 aliphatic heterocycles. The van der Waals surface area contributed by atoms with Crippen molar-refractivity contribution in [3.63, 3.8) is 0 Å². The molecule has 0 radical (unpaired) electrons. The average molecular weight is 195 g/mol. The summed E-state index contributed by atoms with van der Waals surface area (Å²) in [5.74, 6) is 0. The lowest BCUT2D eigenvalue weighted by molar-refractivity contribution is 0.560. The minimum Gasteiger partial charge on any atom is -0.328 e. The van der Waals surface area contributed by atoms with Crippen LogP contribution in [0.1, 0.15) is 20.3 Å². The SMILES string of the molecule is CCNS(=O)(=O)NCCC(C)N. The Balaban J connectivity index is 3.62. The lowest BCUT2D eigenvalue weighted by Crippen LogP contribution is -2.38. The first kappa shape index (κ1) is 11.8. The van der Waals surface area contributed by atoms with Crippen molar-refractivity contribution in [3.8, 4) is 0 Å². The minimum absolute atomic E-state index is 0.0225. The van der Waals surface area contributed by atoms with E-state index in [1.165, 1.54) is 0 Å². The molecule has 0 aromatic rings. The molecular weight excluding hydrogens is 178 g/mol. The minimum atomic E-state index is -3.28. The predicted octanol–water partition coefficient (Wildman–Crippen LogP) is -0.832. The van der Waals surface area contributed by atoms with Crippen molar-refractivity contribution < 1.29 is 8.42 Å². The zero-order chi connectivity index (χ0) is 9.61. The van der Waals surface area contributed by atoms with Gasteiger partial charge in [-0.3, -0.25) is 0 Å². The summed E-state index contributed by atoms with van der Waals surface area (Å²) in [6.45, 7) is 4.34. The molecule has 0 saturated carbocycles. The van der Waals surface area contributed by atoms with E-state index in [4.69, 9.17) is 5.73 Å². The molecule has 0 amide bonds. The fourth-order valence-electron chi connectivity index (χ4n) is 0.662. The highest BCUT2D eigenvalue weighted by Gasteiger charge is 2.05. The molecule has 0 heterocycles. The van der Waals surface area contributed by atoms with E-state index >= 15 is 0 Å². The molecule has 74 valence electrons. The van der Waals surface area contributed by atoms with Crippen LogP contribution in [0.15, 0.2) is 0 Å². The van der Waals surface area contributed by atoms with Crippen LogP contribution in [-0.4, -0.2) is 27.5 Å². The lowest BCUT2D eigenvalue weighted by Gasteiger charge is -2.07. The quantitative estimate of drug-likeness (QED) is 0.517. The first-order valence-corrected chi connectivity index (χ1v) is 5.46. The zero-order valence-corrected chi connectivity index (χ0v) is 8.32. The van der Waals surface area contributed by atoms with Gasteiger partial charge in [0, 0.05) is 19.1 Å². The Morgan fingerprint density at radius 3 is 2.42 bits per heavy atom. The molecule has 0 aliphatic rings. The van der Waals surface area contributed by atoms with Crippen molar-refractivity contribution in [1.29, 1.82) is 0 Å². The Labute approximate surface area is 73.9 Å². The zero-order valence-electron chi connectivity index (χ0n) is 7.50. The number of hydrogen-bond acceptors (Lipinski definition) is 3. The van der Waals surface area contributed by atoms with Crippen molar-refractivity contribution in [2.45, 2.75) is 26.3 Å². The first-order chi connectivity index (χ1) is 5.48. The smallest absolute Gasteiger partial charge is 0.276 e. The Kier molecular flexibility index (Phi) is 5.39. The largest absolute Gasteiger partial charge is 0.328 e. The molecule has 0 spiro atoms. The Morgan fingerprint density at radius 2 is 2.00 bits per heavy atom. The fourth-order valence-corrected chi connectivity index (χ4v) is 1.53. The number of hydrogen-bond donors (Lipinski definition) is 3. The summed E-state index contributed by atoms with van der Waals surface area (Å²) in [7, 11) is -3.28. The number of nitrogens with two attached hydrogens (primary N) is 1. The number of rotatable bonds is 6. The Morgan fingerprint density at radius 1 is 1.42 bits per heavy atom. The second kappa shape index (κ2) is 5.47. The van der Waals surface area contributed by atoms with Gasteiger partial charge in [-0.15, -0.1) is 0 Å². The maximum Gasteiger partial charge on any atom is 0.276 e. The standard InChI is InChI=1S/C6H17N3O2S/c1-3-8-12(10,11)9-5-4-6(2)7/h6,8-9H,3-5,7H2,1-2H3. The molecule has 0 aliphatic carbocycles. The van der Waals surface area contributed by atoms with Crippen LogP contribution in [-0.2, 0) is 10.2 Å². The van der Waals surface area contributed by atoms with Crippen molar-refractivity contribution >= 4 is 10.2 Å². The van der Waals surface area contributed by atoms with Gasteiger partial charge in [-0.05, 0) is 13.3 Å². The van der Waals surface area contributed by atoms with Gasteiger partial charge in [0.15, 0.2) is 0 Å². The molecule has 1 atom stereocenters. The predicted molar refractivity (Wildman–Crippen MR) is 48.9 cm³/mol. The molecule has 0 bridgehead atoms. The van der Waals surface area contributed by atoms with Crippen LogP contribution in [0.4, 0.5) is 0 Å². The second-order valence-corrected chi connectivity index (χ2v) is 4.25. The van der Waals surface area contributed by atoms with E-state index in [0.29, 0.717) is 19.5 Å². The van der Waals surface area contributed by atoms with Crippen LogP contribution >= 0.6 is 0 Å². The Bertz CT molecular complexity index is 201. The summed E-state index contributed by atoms with van der Waals surface area (Å²) < 4.78 is 26.6. The van der Waals surface area contributed by atoms with Crippen LogP contribution in [0.2, 0.25) is 0 Å². The molecule has 0 aromatic carbocycles. The normalized spacial score (nSPS) is 14.6. The van der Waals surface area contributed by atoms with Crippen LogP contribution in [0, 0.1) is 0 Å². The maximum absolute atomic E-state index is 10.9. The summed E-state index contributed by atoms with van der Waals surface area (Å²) in [4.78, 5) is 0. The molecular formula is C6H17N3O2S. The molecule has 6 heteroatoms. The molecule has 4 N–H and O–H groups in total. The van der Waals surface area contributed by atoms with E-state index in [9.17, 15) is 8.42 Å². The van der Waals surface area contributed by atoms with Crippen molar-refractivity contribution in [2.75, 3.05) is 13.1 Å². The van der Waals surface area contributed by atoms with E-state index in [1.54, 1.807) is 6.92 Å². The highest BCUT2D eigenvalue weighted by atomic mass is 32.2. The maximum atomic E-state index is 10.9. The van der Waals surface area contributed by atoms with E-state index in [-0.39, 0.29) is 6.04 Å². The van der Waals surface area contributed by atoms with E-state index in [0.717, 1.165) is 0 Å². The van der Waals surface area contributed by atoms with Crippen molar-refractivity contribution in [1.82, 2.24) is 9.44 Å². The van der Waals surface area contributed by atoms with E-state index < -0.39 is 10.2 Å². The summed E-state index contributed by atoms with van der Waals surface area (Å²) in [6, 6.07) is 0.0225.